The largest absolute Gasteiger partial charge is 0.463 e. The van der Waals surface area contributed by atoms with E-state index in [1.165, 1.54) is 6.08 Å². The number of esters is 2. The van der Waals surface area contributed by atoms with Gasteiger partial charge in [0.15, 0.2) is 0 Å². The minimum absolute atomic E-state index is 0.147. The van der Waals surface area contributed by atoms with Gasteiger partial charge in [0.25, 0.3) is 0 Å². The highest BCUT2D eigenvalue weighted by Crippen LogP contribution is 2.14. The fourth-order valence-corrected chi connectivity index (χ4v) is 1.63. The molecule has 1 aromatic rings. The van der Waals surface area contributed by atoms with Crippen LogP contribution < -0.4 is 0 Å². The van der Waals surface area contributed by atoms with Crippen molar-refractivity contribution in [3.8, 4) is 6.07 Å². The molecule has 19 heavy (non-hydrogen) atoms. The Morgan fingerprint density at radius 1 is 1.42 bits per heavy atom. The third kappa shape index (κ3) is 3.19. The lowest BCUT2D eigenvalue weighted by atomic mass is 10.1. The molecule has 0 spiro atoms. The fourth-order valence-electron chi connectivity index (χ4n) is 1.63. The molecule has 0 aromatic heterocycles. The van der Waals surface area contributed by atoms with Gasteiger partial charge in [0.1, 0.15) is 11.6 Å². The van der Waals surface area contributed by atoms with Crippen LogP contribution in [0.15, 0.2) is 35.9 Å². The van der Waals surface area contributed by atoms with Crippen LogP contribution >= 0.6 is 0 Å². The summed E-state index contributed by atoms with van der Waals surface area (Å²) in [6.45, 7) is 0.237. The molecule has 1 aromatic carbocycles. The van der Waals surface area contributed by atoms with E-state index in [1.54, 1.807) is 30.3 Å². The summed E-state index contributed by atoms with van der Waals surface area (Å²) in [6, 6.07) is 10.7. The van der Waals surface area contributed by atoms with Gasteiger partial charge in [-0.05, 0) is 11.6 Å². The second kappa shape index (κ2) is 5.83. The topological polar surface area (TPSA) is 76.4 Å². The molecular weight excluding hydrogens is 246 g/mol. The number of benzene rings is 1. The molecule has 1 unspecified atom stereocenters. The third-order valence-corrected chi connectivity index (χ3v) is 2.59. The Bertz CT molecular complexity index is 557. The van der Waals surface area contributed by atoms with E-state index in [0.29, 0.717) is 12.0 Å². The average Bonchev–Trinajstić information content (AvgIpc) is 2.82. The lowest BCUT2D eigenvalue weighted by Gasteiger charge is -2.07. The minimum Gasteiger partial charge on any atom is -0.463 e. The molecule has 0 amide bonds. The Balaban J connectivity index is 2.10. The summed E-state index contributed by atoms with van der Waals surface area (Å²) in [6.07, 6.45) is 0.845. The molecule has 1 aliphatic heterocycles. The first-order chi connectivity index (χ1) is 9.20. The van der Waals surface area contributed by atoms with Crippen molar-refractivity contribution < 1.29 is 19.1 Å². The van der Waals surface area contributed by atoms with Crippen molar-refractivity contribution in [1.29, 1.82) is 5.26 Å². The molecule has 2 rings (SSSR count). The summed E-state index contributed by atoms with van der Waals surface area (Å²) >= 11 is 0. The Labute approximate surface area is 110 Å². The Kier molecular flexibility index (Phi) is 3.94. The molecule has 0 radical (unpaired) electrons. The summed E-state index contributed by atoms with van der Waals surface area (Å²) in [5.41, 5.74) is 0.566. The Morgan fingerprint density at radius 2 is 2.16 bits per heavy atom. The van der Waals surface area contributed by atoms with Crippen molar-refractivity contribution in [2.24, 2.45) is 0 Å². The number of hydrogen-bond acceptors (Lipinski definition) is 5. The van der Waals surface area contributed by atoms with Crippen molar-refractivity contribution in [2.75, 3.05) is 6.61 Å². The molecule has 5 heteroatoms. The van der Waals surface area contributed by atoms with Crippen LogP contribution in [0.3, 0.4) is 0 Å². The first-order valence-corrected chi connectivity index (χ1v) is 5.75. The predicted octanol–water partition coefficient (Wildman–Crippen LogP) is 1.45. The van der Waals surface area contributed by atoms with Gasteiger partial charge in [-0.2, -0.15) is 5.26 Å². The average molecular weight is 257 g/mol. The van der Waals surface area contributed by atoms with Crippen LogP contribution in [0.4, 0.5) is 0 Å². The molecule has 0 saturated carbocycles. The molecule has 1 heterocycles. The van der Waals surface area contributed by atoms with Crippen molar-refractivity contribution in [3.05, 3.63) is 41.5 Å². The van der Waals surface area contributed by atoms with E-state index in [4.69, 9.17) is 10.00 Å². The molecule has 5 nitrogen and oxygen atoms in total. The lowest BCUT2D eigenvalue weighted by Crippen LogP contribution is -2.23. The summed E-state index contributed by atoms with van der Waals surface area (Å²) in [4.78, 5) is 22.9. The van der Waals surface area contributed by atoms with Crippen LogP contribution in [-0.4, -0.2) is 24.6 Å². The zero-order chi connectivity index (χ0) is 13.7. The molecule has 1 saturated heterocycles. The number of rotatable bonds is 3. The van der Waals surface area contributed by atoms with Gasteiger partial charge in [-0.15, -0.1) is 0 Å². The van der Waals surface area contributed by atoms with Gasteiger partial charge in [-0.3, -0.25) is 0 Å². The highest BCUT2D eigenvalue weighted by molar-refractivity contribution is 5.99. The van der Waals surface area contributed by atoms with E-state index >= 15 is 0 Å². The smallest absolute Gasteiger partial charge is 0.349 e. The lowest BCUT2D eigenvalue weighted by molar-refractivity contribution is -0.157. The van der Waals surface area contributed by atoms with Gasteiger partial charge in [-0.25, -0.2) is 9.59 Å². The summed E-state index contributed by atoms with van der Waals surface area (Å²) in [5.74, 6) is -1.37. The number of carbonyl (C=O) groups is 2. The zero-order valence-electron chi connectivity index (χ0n) is 10.0. The van der Waals surface area contributed by atoms with Gasteiger partial charge in [0, 0.05) is 6.42 Å². The van der Waals surface area contributed by atoms with E-state index in [0.717, 1.165) is 0 Å². The van der Waals surface area contributed by atoms with Gasteiger partial charge >= 0.3 is 11.9 Å². The normalized spacial score (nSPS) is 18.6. The maximum atomic E-state index is 11.8. The number of carbonyl (C=O) groups excluding carboxylic acids is 2. The molecule has 1 atom stereocenters. The van der Waals surface area contributed by atoms with Crippen LogP contribution in [0.1, 0.15) is 12.0 Å². The standard InChI is InChI=1S/C14H11NO4/c15-9-11(8-10-4-2-1-3-5-10)13(16)19-12-6-7-18-14(12)17/h1-5,8,12H,6-7H2. The number of hydrogen-bond donors (Lipinski definition) is 0. The van der Waals surface area contributed by atoms with E-state index in [1.807, 2.05) is 6.07 Å². The molecule has 1 fully saturated rings. The second-order valence-electron chi connectivity index (χ2n) is 3.93. The van der Waals surface area contributed by atoms with Crippen LogP contribution in [-0.2, 0) is 19.1 Å². The second-order valence-corrected chi connectivity index (χ2v) is 3.93. The Morgan fingerprint density at radius 3 is 2.74 bits per heavy atom. The van der Waals surface area contributed by atoms with Crippen molar-refractivity contribution in [1.82, 2.24) is 0 Å². The van der Waals surface area contributed by atoms with Gasteiger partial charge in [0.05, 0.1) is 6.61 Å². The summed E-state index contributed by atoms with van der Waals surface area (Å²) in [7, 11) is 0. The van der Waals surface area contributed by atoms with E-state index in [-0.39, 0.29) is 12.2 Å². The monoisotopic (exact) mass is 257 g/mol. The highest BCUT2D eigenvalue weighted by atomic mass is 16.6. The number of ether oxygens (including phenoxy) is 2. The van der Waals surface area contributed by atoms with E-state index in [2.05, 4.69) is 4.74 Å². The zero-order valence-corrected chi connectivity index (χ0v) is 10.0. The molecular formula is C14H11NO4. The van der Waals surface area contributed by atoms with Crippen LogP contribution in [0.2, 0.25) is 0 Å². The van der Waals surface area contributed by atoms with Crippen molar-refractivity contribution in [3.63, 3.8) is 0 Å². The molecule has 96 valence electrons. The third-order valence-electron chi connectivity index (χ3n) is 2.59. The van der Waals surface area contributed by atoms with Gasteiger partial charge < -0.3 is 9.47 Å². The SMILES string of the molecule is N#CC(=Cc1ccccc1)C(=O)OC1CCOC1=O. The Hall–Kier alpha value is -2.61. The van der Waals surface area contributed by atoms with E-state index < -0.39 is 18.0 Å². The highest BCUT2D eigenvalue weighted by Gasteiger charge is 2.31. The van der Waals surface area contributed by atoms with Gasteiger partial charge in [0.2, 0.25) is 6.10 Å². The fraction of sp³-hybridized carbons (Fsp3) is 0.214. The van der Waals surface area contributed by atoms with Crippen LogP contribution in [0.5, 0.6) is 0 Å². The maximum Gasteiger partial charge on any atom is 0.349 e. The van der Waals surface area contributed by atoms with Crippen molar-refractivity contribution in [2.45, 2.75) is 12.5 Å². The number of nitrogens with zero attached hydrogens (tertiary/aromatic N) is 1. The van der Waals surface area contributed by atoms with Crippen molar-refractivity contribution >= 4 is 18.0 Å². The van der Waals surface area contributed by atoms with Crippen LogP contribution in [0.25, 0.3) is 6.08 Å². The number of nitriles is 1. The number of cyclic esters (lactones) is 1. The maximum absolute atomic E-state index is 11.8. The summed E-state index contributed by atoms with van der Waals surface area (Å²) in [5, 5.41) is 8.96. The predicted molar refractivity (Wildman–Crippen MR) is 65.5 cm³/mol. The molecule has 0 N–H and O–H groups in total. The quantitative estimate of drug-likeness (QED) is 0.465. The van der Waals surface area contributed by atoms with E-state index in [9.17, 15) is 9.59 Å². The first kappa shape index (κ1) is 12.8. The molecule has 0 bridgehead atoms. The first-order valence-electron chi connectivity index (χ1n) is 5.75. The molecule has 1 aliphatic rings. The minimum atomic E-state index is -0.903. The van der Waals surface area contributed by atoms with Gasteiger partial charge in [-0.1, -0.05) is 30.3 Å². The summed E-state index contributed by atoms with van der Waals surface area (Å²) < 4.78 is 9.62. The molecule has 0 aliphatic carbocycles. The van der Waals surface area contributed by atoms with Crippen LogP contribution in [0, 0.1) is 11.3 Å².